The molecule has 1 aliphatic heterocycles. The van der Waals surface area contributed by atoms with Crippen LogP contribution in [0.2, 0.25) is 0 Å². The van der Waals surface area contributed by atoms with Gasteiger partial charge in [-0.3, -0.25) is 4.90 Å². The van der Waals surface area contributed by atoms with Crippen LogP contribution in [-0.4, -0.2) is 24.5 Å². The SMILES string of the molecule is C=C/C=C(\C=C)CN1CCCCC1. The van der Waals surface area contributed by atoms with Gasteiger partial charge in [-0.1, -0.05) is 37.8 Å². The van der Waals surface area contributed by atoms with E-state index in [4.69, 9.17) is 0 Å². The second kappa shape index (κ2) is 5.76. The van der Waals surface area contributed by atoms with E-state index in [1.807, 2.05) is 18.2 Å². The predicted molar refractivity (Wildman–Crippen MR) is 58.8 cm³/mol. The molecule has 72 valence electrons. The summed E-state index contributed by atoms with van der Waals surface area (Å²) in [6.45, 7) is 11.0. The van der Waals surface area contributed by atoms with E-state index >= 15 is 0 Å². The number of allylic oxidation sites excluding steroid dienone is 2. The fourth-order valence-corrected chi connectivity index (χ4v) is 1.71. The Morgan fingerprint density at radius 3 is 2.38 bits per heavy atom. The highest BCUT2D eigenvalue weighted by atomic mass is 15.1. The lowest BCUT2D eigenvalue weighted by atomic mass is 10.1. The summed E-state index contributed by atoms with van der Waals surface area (Å²) >= 11 is 0. The van der Waals surface area contributed by atoms with Gasteiger partial charge in [0.1, 0.15) is 0 Å². The Morgan fingerprint density at radius 2 is 1.85 bits per heavy atom. The predicted octanol–water partition coefficient (Wildman–Crippen LogP) is 2.77. The second-order valence-electron chi connectivity index (χ2n) is 3.52. The minimum atomic E-state index is 1.04. The molecule has 0 saturated carbocycles. The molecule has 1 heterocycles. The maximum absolute atomic E-state index is 3.80. The molecule has 1 fully saturated rings. The summed E-state index contributed by atoms with van der Waals surface area (Å²) in [6.07, 6.45) is 9.89. The lowest BCUT2D eigenvalue weighted by Gasteiger charge is -2.26. The fraction of sp³-hybridized carbons (Fsp3) is 0.500. The average Bonchev–Trinajstić information content (AvgIpc) is 2.19. The average molecular weight is 177 g/mol. The Labute approximate surface area is 81.4 Å². The Kier molecular flexibility index (Phi) is 4.55. The van der Waals surface area contributed by atoms with Crippen molar-refractivity contribution < 1.29 is 0 Å². The molecule has 0 radical (unpaired) electrons. The lowest BCUT2D eigenvalue weighted by Crippen LogP contribution is -2.31. The van der Waals surface area contributed by atoms with Crippen LogP contribution in [0.4, 0.5) is 0 Å². The maximum Gasteiger partial charge on any atom is 0.0233 e. The van der Waals surface area contributed by atoms with E-state index in [2.05, 4.69) is 18.1 Å². The zero-order chi connectivity index (χ0) is 9.52. The first-order valence-electron chi connectivity index (χ1n) is 5.03. The van der Waals surface area contributed by atoms with Gasteiger partial charge in [0.05, 0.1) is 0 Å². The van der Waals surface area contributed by atoms with E-state index in [-0.39, 0.29) is 0 Å². The van der Waals surface area contributed by atoms with Crippen molar-refractivity contribution in [2.75, 3.05) is 19.6 Å². The normalized spacial score (nSPS) is 19.8. The maximum atomic E-state index is 3.80. The van der Waals surface area contributed by atoms with E-state index in [1.165, 1.54) is 37.9 Å². The molecule has 0 aliphatic carbocycles. The monoisotopic (exact) mass is 177 g/mol. The van der Waals surface area contributed by atoms with E-state index in [0.717, 1.165) is 6.54 Å². The zero-order valence-corrected chi connectivity index (χ0v) is 8.34. The van der Waals surface area contributed by atoms with Crippen LogP contribution in [0.1, 0.15) is 19.3 Å². The van der Waals surface area contributed by atoms with Crippen LogP contribution in [0, 0.1) is 0 Å². The first-order chi connectivity index (χ1) is 6.36. The fourth-order valence-electron chi connectivity index (χ4n) is 1.71. The summed E-state index contributed by atoms with van der Waals surface area (Å²) in [4.78, 5) is 2.49. The number of hydrogen-bond acceptors (Lipinski definition) is 1. The standard InChI is InChI=1S/C12H19N/c1-3-8-12(4-2)11-13-9-6-5-7-10-13/h3-4,8H,1-2,5-7,9-11H2/b12-8+. The van der Waals surface area contributed by atoms with Gasteiger partial charge < -0.3 is 0 Å². The van der Waals surface area contributed by atoms with Gasteiger partial charge in [0.2, 0.25) is 0 Å². The van der Waals surface area contributed by atoms with E-state index in [0.29, 0.717) is 0 Å². The van der Waals surface area contributed by atoms with Crippen LogP contribution in [0.25, 0.3) is 0 Å². The first-order valence-corrected chi connectivity index (χ1v) is 5.03. The molecule has 1 nitrogen and oxygen atoms in total. The number of rotatable bonds is 4. The van der Waals surface area contributed by atoms with Crippen molar-refractivity contribution in [3.63, 3.8) is 0 Å². The van der Waals surface area contributed by atoms with Crippen molar-refractivity contribution in [2.45, 2.75) is 19.3 Å². The largest absolute Gasteiger partial charge is 0.299 e. The van der Waals surface area contributed by atoms with Crippen LogP contribution in [0.15, 0.2) is 37.0 Å². The van der Waals surface area contributed by atoms with Crippen molar-refractivity contribution in [1.82, 2.24) is 4.90 Å². The summed E-state index contributed by atoms with van der Waals surface area (Å²) in [5, 5.41) is 0. The summed E-state index contributed by atoms with van der Waals surface area (Å²) in [5.41, 5.74) is 1.27. The van der Waals surface area contributed by atoms with Gasteiger partial charge in [-0.2, -0.15) is 0 Å². The topological polar surface area (TPSA) is 3.24 Å². The van der Waals surface area contributed by atoms with E-state index in [1.54, 1.807) is 0 Å². The summed E-state index contributed by atoms with van der Waals surface area (Å²) < 4.78 is 0. The minimum absolute atomic E-state index is 1.04. The minimum Gasteiger partial charge on any atom is -0.299 e. The molecule has 13 heavy (non-hydrogen) atoms. The van der Waals surface area contributed by atoms with E-state index < -0.39 is 0 Å². The highest BCUT2D eigenvalue weighted by Gasteiger charge is 2.09. The molecule has 1 aliphatic rings. The van der Waals surface area contributed by atoms with Crippen molar-refractivity contribution >= 4 is 0 Å². The summed E-state index contributed by atoms with van der Waals surface area (Å²) in [6, 6.07) is 0. The van der Waals surface area contributed by atoms with Gasteiger partial charge in [-0.25, -0.2) is 0 Å². The molecule has 0 spiro atoms. The number of hydrogen-bond donors (Lipinski definition) is 0. The molecule has 1 heteroatoms. The van der Waals surface area contributed by atoms with Gasteiger partial charge in [-0.05, 0) is 31.5 Å². The van der Waals surface area contributed by atoms with Gasteiger partial charge in [0.15, 0.2) is 0 Å². The van der Waals surface area contributed by atoms with Crippen molar-refractivity contribution in [1.29, 1.82) is 0 Å². The quantitative estimate of drug-likeness (QED) is 0.597. The van der Waals surface area contributed by atoms with Gasteiger partial charge in [0.25, 0.3) is 0 Å². The van der Waals surface area contributed by atoms with Crippen LogP contribution in [-0.2, 0) is 0 Å². The zero-order valence-electron chi connectivity index (χ0n) is 8.34. The van der Waals surface area contributed by atoms with Crippen LogP contribution in [0.5, 0.6) is 0 Å². The second-order valence-corrected chi connectivity index (χ2v) is 3.52. The van der Waals surface area contributed by atoms with Crippen LogP contribution in [0.3, 0.4) is 0 Å². The molecular weight excluding hydrogens is 158 g/mol. The molecule has 1 saturated heterocycles. The van der Waals surface area contributed by atoms with Crippen molar-refractivity contribution in [2.24, 2.45) is 0 Å². The summed E-state index contributed by atoms with van der Waals surface area (Å²) in [5.74, 6) is 0. The highest BCUT2D eigenvalue weighted by Crippen LogP contribution is 2.10. The molecule has 0 aromatic rings. The van der Waals surface area contributed by atoms with Crippen LogP contribution < -0.4 is 0 Å². The molecule has 0 bridgehead atoms. The van der Waals surface area contributed by atoms with Crippen molar-refractivity contribution in [3.05, 3.63) is 37.0 Å². The molecule has 0 N–H and O–H groups in total. The highest BCUT2D eigenvalue weighted by molar-refractivity contribution is 5.22. The lowest BCUT2D eigenvalue weighted by molar-refractivity contribution is 0.248. The number of likely N-dealkylation sites (tertiary alicyclic amines) is 1. The Hall–Kier alpha value is -0.820. The third-order valence-corrected chi connectivity index (χ3v) is 2.45. The Balaban J connectivity index is 2.40. The smallest absolute Gasteiger partial charge is 0.0233 e. The van der Waals surface area contributed by atoms with Gasteiger partial charge >= 0.3 is 0 Å². The molecule has 0 atom stereocenters. The molecule has 0 unspecified atom stereocenters. The van der Waals surface area contributed by atoms with E-state index in [9.17, 15) is 0 Å². The summed E-state index contributed by atoms with van der Waals surface area (Å²) in [7, 11) is 0. The number of nitrogens with zero attached hydrogens (tertiary/aromatic N) is 1. The molecule has 1 rings (SSSR count). The third kappa shape index (κ3) is 3.60. The van der Waals surface area contributed by atoms with Gasteiger partial charge in [0, 0.05) is 6.54 Å². The van der Waals surface area contributed by atoms with Crippen molar-refractivity contribution in [3.8, 4) is 0 Å². The third-order valence-electron chi connectivity index (χ3n) is 2.45. The van der Waals surface area contributed by atoms with Gasteiger partial charge in [-0.15, -0.1) is 0 Å². The Morgan fingerprint density at radius 1 is 1.15 bits per heavy atom. The Bertz CT molecular complexity index is 197. The first kappa shape index (κ1) is 10.3. The molecule has 0 aromatic heterocycles. The number of piperidine rings is 1. The molecular formula is C12H19N. The molecule has 0 amide bonds. The molecule has 0 aromatic carbocycles. The van der Waals surface area contributed by atoms with Crippen LogP contribution >= 0.6 is 0 Å².